The third-order valence-electron chi connectivity index (χ3n) is 6.70. The fourth-order valence-electron chi connectivity index (χ4n) is 5.20. The minimum absolute atomic E-state index is 0. The van der Waals surface area contributed by atoms with E-state index in [0.717, 1.165) is 27.7 Å². The van der Waals surface area contributed by atoms with Crippen molar-refractivity contribution in [3.8, 4) is 44.6 Å². The standard InChI is InChI=1S/C27H14NO2S.C5H8O2.Ir/c29-31(30)25-11-4-3-8-19(25)20-13-12-16(14-26(20)31)24-15-22-18-7-2-1-6-17(18)21-9-5-10-23(28-24)27(21)22;1-4(6)3-5(2)7;/h1-11,13-15H;3,6H,1-2H3;/q-1;;/b;4-3-;. The van der Waals surface area contributed by atoms with Crippen LogP contribution < -0.4 is 0 Å². The Balaban J connectivity index is 0.000000345. The van der Waals surface area contributed by atoms with Crippen molar-refractivity contribution in [2.24, 2.45) is 0 Å². The number of aliphatic hydroxyl groups excluding tert-OH is 1. The number of nitrogens with zero attached hydrogens (tertiary/aromatic N) is 1. The predicted molar refractivity (Wildman–Crippen MR) is 148 cm³/mol. The van der Waals surface area contributed by atoms with Crippen molar-refractivity contribution in [1.82, 2.24) is 4.98 Å². The van der Waals surface area contributed by atoms with Gasteiger partial charge in [-0.3, -0.25) is 9.78 Å². The molecule has 0 atom stereocenters. The first-order valence-corrected chi connectivity index (χ1v) is 13.6. The maximum absolute atomic E-state index is 13.1. The van der Waals surface area contributed by atoms with Crippen LogP contribution in [0.15, 0.2) is 107 Å². The summed E-state index contributed by atoms with van der Waals surface area (Å²) < 4.78 is 26.3. The Morgan fingerprint density at radius 3 is 2.10 bits per heavy atom. The van der Waals surface area contributed by atoms with Gasteiger partial charge < -0.3 is 5.11 Å². The molecule has 7 heteroatoms. The zero-order chi connectivity index (χ0) is 26.6. The minimum atomic E-state index is -3.54. The van der Waals surface area contributed by atoms with Crippen molar-refractivity contribution in [2.75, 3.05) is 0 Å². The van der Waals surface area contributed by atoms with Crippen molar-refractivity contribution < 1.29 is 38.4 Å². The Kier molecular flexibility index (Phi) is 6.85. The molecule has 1 aliphatic carbocycles. The molecular formula is C32H22IrNO4S-. The van der Waals surface area contributed by atoms with Gasteiger partial charge in [-0.1, -0.05) is 66.2 Å². The van der Waals surface area contributed by atoms with Gasteiger partial charge in [-0.05, 0) is 64.4 Å². The molecule has 1 aliphatic heterocycles. The summed E-state index contributed by atoms with van der Waals surface area (Å²) in [6, 6.07) is 30.5. The van der Waals surface area contributed by atoms with E-state index in [9.17, 15) is 13.2 Å². The van der Waals surface area contributed by atoms with Gasteiger partial charge in [0.15, 0.2) is 15.6 Å². The van der Waals surface area contributed by atoms with Crippen LogP contribution in [-0.2, 0) is 34.7 Å². The summed E-state index contributed by atoms with van der Waals surface area (Å²) in [7, 11) is -3.54. The van der Waals surface area contributed by atoms with Crippen LogP contribution in [0.4, 0.5) is 0 Å². The van der Waals surface area contributed by atoms with Crippen LogP contribution in [0.1, 0.15) is 13.8 Å². The number of hydrogen-bond acceptors (Lipinski definition) is 5. The number of aromatic nitrogens is 1. The molecule has 2 aliphatic rings. The normalized spacial score (nSPS) is 13.4. The predicted octanol–water partition coefficient (Wildman–Crippen LogP) is 7.20. The van der Waals surface area contributed by atoms with Crippen molar-refractivity contribution in [1.29, 1.82) is 0 Å². The van der Waals surface area contributed by atoms with Crippen LogP contribution >= 0.6 is 0 Å². The molecule has 4 aromatic carbocycles. The zero-order valence-electron chi connectivity index (χ0n) is 21.0. The Bertz CT molecular complexity index is 1940. The summed E-state index contributed by atoms with van der Waals surface area (Å²) in [5.41, 5.74) is 8.47. The third-order valence-corrected chi connectivity index (χ3v) is 8.55. The first kappa shape index (κ1) is 26.7. The van der Waals surface area contributed by atoms with Gasteiger partial charge >= 0.3 is 0 Å². The summed E-state index contributed by atoms with van der Waals surface area (Å²) in [6.07, 6.45) is 1.17. The molecule has 0 unspecified atom stereocenters. The Hall–Kier alpha value is -3.90. The summed E-state index contributed by atoms with van der Waals surface area (Å²) in [5.74, 6) is -0.0625. The van der Waals surface area contributed by atoms with Gasteiger partial charge in [0.25, 0.3) is 0 Å². The molecule has 1 aromatic heterocycles. The summed E-state index contributed by atoms with van der Waals surface area (Å²) >= 11 is 0. The van der Waals surface area contributed by atoms with Gasteiger partial charge in [0, 0.05) is 31.6 Å². The average molecular weight is 709 g/mol. The van der Waals surface area contributed by atoms with Crippen LogP contribution in [0.2, 0.25) is 0 Å². The molecule has 0 spiro atoms. The third kappa shape index (κ3) is 4.43. The van der Waals surface area contributed by atoms with E-state index >= 15 is 0 Å². The topological polar surface area (TPSA) is 84.3 Å². The smallest absolute Gasteiger partial charge is 0.189 e. The number of rotatable bonds is 2. The van der Waals surface area contributed by atoms with Crippen LogP contribution in [0.25, 0.3) is 55.5 Å². The average Bonchev–Trinajstić information content (AvgIpc) is 3.34. The molecule has 5 nitrogen and oxygen atoms in total. The number of aliphatic hydroxyl groups is 1. The SMILES string of the molecule is CC(=O)/C=C(/C)O.O=S1(=O)c2ccccc2-c2c[c-]c(-c3cc4c5c(cccc5n3)-c3ccccc3-4)cc21.[Ir]. The van der Waals surface area contributed by atoms with Crippen LogP contribution in [0.5, 0.6) is 0 Å². The Morgan fingerprint density at radius 1 is 0.795 bits per heavy atom. The summed E-state index contributed by atoms with van der Waals surface area (Å²) in [4.78, 5) is 15.6. The van der Waals surface area contributed by atoms with E-state index in [4.69, 9.17) is 10.1 Å². The van der Waals surface area contributed by atoms with Crippen LogP contribution in [0, 0.1) is 6.07 Å². The molecule has 1 radical (unpaired) electrons. The number of benzene rings is 4. The molecule has 0 fully saturated rings. The van der Waals surface area contributed by atoms with E-state index in [1.54, 1.807) is 24.3 Å². The maximum atomic E-state index is 13.1. The summed E-state index contributed by atoms with van der Waals surface area (Å²) in [5, 5.41) is 9.51. The second kappa shape index (κ2) is 10.0. The quantitative estimate of drug-likeness (QED) is 0.117. The number of sulfone groups is 1. The maximum Gasteiger partial charge on any atom is 0.189 e. The molecular weight excluding hydrogens is 687 g/mol. The van der Waals surface area contributed by atoms with Crippen molar-refractivity contribution in [3.63, 3.8) is 0 Å². The number of carbonyl (C=O) groups is 1. The zero-order valence-corrected chi connectivity index (χ0v) is 24.2. The molecule has 195 valence electrons. The second-order valence-electron chi connectivity index (χ2n) is 9.32. The van der Waals surface area contributed by atoms with E-state index in [2.05, 4.69) is 36.4 Å². The van der Waals surface area contributed by atoms with E-state index in [1.165, 1.54) is 36.6 Å². The van der Waals surface area contributed by atoms with E-state index in [-0.39, 0.29) is 31.6 Å². The monoisotopic (exact) mass is 709 g/mol. The van der Waals surface area contributed by atoms with E-state index in [0.29, 0.717) is 20.9 Å². The number of allylic oxidation sites excluding steroid dienone is 2. The van der Waals surface area contributed by atoms with Gasteiger partial charge in [0.05, 0.1) is 16.2 Å². The molecule has 7 rings (SSSR count). The van der Waals surface area contributed by atoms with E-state index < -0.39 is 9.84 Å². The number of fused-ring (bicyclic) bond motifs is 6. The molecule has 0 saturated heterocycles. The number of pyridine rings is 1. The largest absolute Gasteiger partial charge is 0.512 e. The number of hydrogen-bond donors (Lipinski definition) is 1. The van der Waals surface area contributed by atoms with Crippen LogP contribution in [-0.4, -0.2) is 24.3 Å². The van der Waals surface area contributed by atoms with Crippen LogP contribution in [0.3, 0.4) is 0 Å². The van der Waals surface area contributed by atoms with Gasteiger partial charge in [-0.2, -0.15) is 0 Å². The number of carbonyl (C=O) groups excluding carboxylic acids is 1. The first-order valence-electron chi connectivity index (χ1n) is 12.1. The fourth-order valence-corrected chi connectivity index (χ4v) is 6.90. The molecule has 1 N–H and O–H groups in total. The van der Waals surface area contributed by atoms with Gasteiger partial charge in [0.1, 0.15) is 0 Å². The van der Waals surface area contributed by atoms with Crippen molar-refractivity contribution in [3.05, 3.63) is 103 Å². The fraction of sp³-hybridized carbons (Fsp3) is 0.0625. The second-order valence-corrected chi connectivity index (χ2v) is 11.2. The van der Waals surface area contributed by atoms with Gasteiger partial charge in [0.2, 0.25) is 0 Å². The van der Waals surface area contributed by atoms with E-state index in [1.807, 2.05) is 30.3 Å². The summed E-state index contributed by atoms with van der Waals surface area (Å²) in [6.45, 7) is 2.85. The number of ketones is 1. The van der Waals surface area contributed by atoms with Gasteiger partial charge in [-0.15, -0.1) is 23.8 Å². The molecule has 0 amide bonds. The van der Waals surface area contributed by atoms with Gasteiger partial charge in [-0.25, -0.2) is 8.42 Å². The molecule has 0 saturated carbocycles. The minimum Gasteiger partial charge on any atom is -0.512 e. The molecule has 5 aromatic rings. The molecule has 0 bridgehead atoms. The molecule has 2 heterocycles. The van der Waals surface area contributed by atoms with Crippen molar-refractivity contribution >= 4 is 26.5 Å². The first-order chi connectivity index (χ1) is 18.3. The Morgan fingerprint density at radius 2 is 1.44 bits per heavy atom. The Labute approximate surface area is 240 Å². The molecule has 39 heavy (non-hydrogen) atoms. The van der Waals surface area contributed by atoms with Crippen molar-refractivity contribution in [2.45, 2.75) is 23.6 Å².